The van der Waals surface area contributed by atoms with Gasteiger partial charge in [-0.25, -0.2) is 0 Å². The number of hydrogen-bond donors (Lipinski definition) is 6. The minimum absolute atomic E-state index is 0.0457. The molecule has 2 aromatic rings. The van der Waals surface area contributed by atoms with Crippen LogP contribution < -0.4 is 33.3 Å². The monoisotopic (exact) mass is 558 g/mol. The van der Waals surface area contributed by atoms with Gasteiger partial charge in [-0.2, -0.15) is 10.4 Å². The molecule has 9 N–H and O–H groups in total. The number of nitrogens with two attached hydrogens (primary N) is 3. The molecule has 0 aliphatic heterocycles. The van der Waals surface area contributed by atoms with Crippen LogP contribution >= 0.6 is 0 Å². The van der Waals surface area contributed by atoms with E-state index in [1.807, 2.05) is 30.3 Å². The lowest BCUT2D eigenvalue weighted by Gasteiger charge is -2.36. The lowest BCUT2D eigenvalue weighted by molar-refractivity contribution is -0.120. The van der Waals surface area contributed by atoms with Gasteiger partial charge in [0.05, 0.1) is 18.0 Å². The fourth-order valence-electron chi connectivity index (χ4n) is 5.53. The summed E-state index contributed by atoms with van der Waals surface area (Å²) in [7, 11) is 1.68. The zero-order valence-electron chi connectivity index (χ0n) is 24.2. The summed E-state index contributed by atoms with van der Waals surface area (Å²) >= 11 is 0. The number of nitriles is 1. The Balaban J connectivity index is 1.99. The molecule has 0 fully saturated rings. The van der Waals surface area contributed by atoms with Crippen molar-refractivity contribution in [3.63, 3.8) is 0 Å². The minimum atomic E-state index is -0.885. The van der Waals surface area contributed by atoms with Gasteiger partial charge in [-0.15, -0.1) is 0 Å². The number of fused-ring (bicyclic) bond motifs is 2. The normalized spacial score (nSPS) is 17.7. The van der Waals surface area contributed by atoms with Crippen molar-refractivity contribution in [2.24, 2.45) is 28.2 Å². The molecule has 3 rings (SSSR count). The number of nitrogens with zero attached hydrogens (tertiary/aromatic N) is 2. The summed E-state index contributed by atoms with van der Waals surface area (Å²) in [6.07, 6.45) is 3.35. The van der Waals surface area contributed by atoms with Crippen molar-refractivity contribution in [3.8, 4) is 6.07 Å². The summed E-state index contributed by atoms with van der Waals surface area (Å²) < 4.78 is 0. The molecular weight excluding hydrogens is 516 g/mol. The molecule has 3 atom stereocenters. The molecule has 0 spiro atoms. The molecule has 41 heavy (non-hydrogen) atoms. The highest BCUT2D eigenvalue weighted by molar-refractivity contribution is 5.97. The van der Waals surface area contributed by atoms with Gasteiger partial charge in [0.15, 0.2) is 0 Å². The van der Waals surface area contributed by atoms with Gasteiger partial charge in [0.2, 0.25) is 11.8 Å². The predicted molar refractivity (Wildman–Crippen MR) is 163 cm³/mol. The van der Waals surface area contributed by atoms with E-state index in [1.54, 1.807) is 13.1 Å². The van der Waals surface area contributed by atoms with Gasteiger partial charge < -0.3 is 33.3 Å². The fraction of sp³-hybridized carbons (Fsp3) is 0.419. The Morgan fingerprint density at radius 3 is 2.24 bits per heavy atom. The summed E-state index contributed by atoms with van der Waals surface area (Å²) in [5.41, 5.74) is 25.9. The zero-order valence-corrected chi connectivity index (χ0v) is 24.2. The zero-order chi connectivity index (χ0) is 30.2. The second kappa shape index (κ2) is 13.8. The van der Waals surface area contributed by atoms with E-state index in [0.717, 1.165) is 34.2 Å². The highest BCUT2D eigenvalue weighted by atomic mass is 16.2. The number of amidine groups is 1. The topological polar surface area (TPSA) is 184 Å². The highest BCUT2D eigenvalue weighted by Gasteiger charge is 2.43. The lowest BCUT2D eigenvalue weighted by atomic mass is 9.68. The third-order valence-electron chi connectivity index (χ3n) is 7.91. The van der Waals surface area contributed by atoms with Crippen molar-refractivity contribution in [1.29, 1.82) is 5.26 Å². The number of carbonyl (C=O) groups is 2. The predicted octanol–water partition coefficient (Wildman–Crippen LogP) is 2.02. The van der Waals surface area contributed by atoms with Gasteiger partial charge in [0.1, 0.15) is 11.9 Å². The van der Waals surface area contributed by atoms with E-state index in [1.165, 1.54) is 0 Å². The number of primary amides is 1. The van der Waals surface area contributed by atoms with Gasteiger partial charge in [-0.3, -0.25) is 9.59 Å². The van der Waals surface area contributed by atoms with Gasteiger partial charge in [0, 0.05) is 18.3 Å². The van der Waals surface area contributed by atoms with E-state index in [-0.39, 0.29) is 12.5 Å². The fourth-order valence-corrected chi connectivity index (χ4v) is 5.53. The number of amides is 2. The van der Waals surface area contributed by atoms with Crippen LogP contribution in [0.25, 0.3) is 5.70 Å². The van der Waals surface area contributed by atoms with Crippen LogP contribution in [0.4, 0.5) is 0 Å². The highest BCUT2D eigenvalue weighted by Crippen LogP contribution is 2.43. The molecule has 2 amide bonds. The van der Waals surface area contributed by atoms with Gasteiger partial charge in [0.25, 0.3) is 0 Å². The van der Waals surface area contributed by atoms with Crippen molar-refractivity contribution >= 4 is 23.3 Å². The van der Waals surface area contributed by atoms with Crippen LogP contribution in [0.5, 0.6) is 0 Å². The molecule has 0 bridgehead atoms. The summed E-state index contributed by atoms with van der Waals surface area (Å²) in [6, 6.07) is 13.1. The quantitative estimate of drug-likeness (QED) is 0.0939. The molecule has 218 valence electrons. The lowest BCUT2D eigenvalue weighted by Crippen LogP contribution is -2.47. The number of benzene rings is 2. The van der Waals surface area contributed by atoms with Crippen LogP contribution in [0.2, 0.25) is 0 Å². The molecule has 2 aromatic carbocycles. The second-order valence-corrected chi connectivity index (χ2v) is 10.7. The van der Waals surface area contributed by atoms with Crippen LogP contribution in [0.3, 0.4) is 0 Å². The first-order valence-corrected chi connectivity index (χ1v) is 14.0. The third-order valence-corrected chi connectivity index (χ3v) is 7.91. The summed E-state index contributed by atoms with van der Waals surface area (Å²) in [6.45, 7) is 8.48. The number of aryl methyl sites for hydroxylation is 2. The van der Waals surface area contributed by atoms with Gasteiger partial charge in [-0.1, -0.05) is 45.0 Å². The molecule has 0 heterocycles. The summed E-state index contributed by atoms with van der Waals surface area (Å²) in [5.74, 6) is -0.0652. The van der Waals surface area contributed by atoms with Gasteiger partial charge >= 0.3 is 0 Å². The number of hydrazone groups is 1. The number of nitrogens with one attached hydrogen (secondary N) is 3. The standard InChI is InChI=1S/C31H42N8O2/c1-5-19(2)14-25(17-32)38-28(40)18-37-13-12-31(30(35)39-36-4)26-10-8-21(20(3)33)15-22(26)6-7-23-16-24(29(34)41)9-11-27(23)31/h8-11,15-16,19,25,36-37H,3,5-7,12-14,18,33H2,1-2,4H3,(H2,34,41)(H2,35,39)(H,38,40)/t19-,25?,31?/m0/s1. The molecule has 0 aromatic heterocycles. The molecule has 10 nitrogen and oxygen atoms in total. The molecule has 1 aliphatic rings. The maximum Gasteiger partial charge on any atom is 0.248 e. The minimum Gasteiger partial charge on any atom is -0.399 e. The number of hydrogen-bond acceptors (Lipinski definition) is 7. The van der Waals surface area contributed by atoms with E-state index >= 15 is 0 Å². The van der Waals surface area contributed by atoms with E-state index in [0.29, 0.717) is 55.2 Å². The Morgan fingerprint density at radius 2 is 1.71 bits per heavy atom. The van der Waals surface area contributed by atoms with Crippen LogP contribution in [0, 0.1) is 17.2 Å². The Labute approximate surface area is 242 Å². The summed E-state index contributed by atoms with van der Waals surface area (Å²) in [5, 5.41) is 20.0. The molecule has 0 saturated heterocycles. The SMILES string of the molecule is C=C(N)c1ccc2c(c1)CCc1cc(C(N)=O)ccc1C2(CCNCC(=O)NC(C#N)C[C@@H](C)CC)/C(N)=N/NC. The van der Waals surface area contributed by atoms with Gasteiger partial charge in [-0.05, 0) is 84.2 Å². The Bertz CT molecular complexity index is 1290. The average molecular weight is 559 g/mol. The molecule has 0 saturated carbocycles. The van der Waals surface area contributed by atoms with Crippen LogP contribution in [0.1, 0.15) is 71.3 Å². The van der Waals surface area contributed by atoms with Crippen molar-refractivity contribution in [3.05, 3.63) is 76.4 Å². The van der Waals surface area contributed by atoms with Crippen molar-refractivity contribution in [2.45, 2.75) is 57.4 Å². The first-order valence-electron chi connectivity index (χ1n) is 14.0. The van der Waals surface area contributed by atoms with Crippen molar-refractivity contribution in [2.75, 3.05) is 20.1 Å². The Morgan fingerprint density at radius 1 is 1.10 bits per heavy atom. The van der Waals surface area contributed by atoms with E-state index in [4.69, 9.17) is 17.2 Å². The van der Waals surface area contributed by atoms with Crippen LogP contribution in [0.15, 0.2) is 48.1 Å². The first-order chi connectivity index (χ1) is 19.6. The van der Waals surface area contributed by atoms with E-state index < -0.39 is 17.4 Å². The molecule has 0 radical (unpaired) electrons. The van der Waals surface area contributed by atoms with Crippen molar-refractivity contribution < 1.29 is 9.59 Å². The molecular formula is C31H42N8O2. The smallest absolute Gasteiger partial charge is 0.248 e. The third kappa shape index (κ3) is 7.05. The van der Waals surface area contributed by atoms with E-state index in [2.05, 4.69) is 47.7 Å². The Kier molecular flexibility index (Phi) is 10.5. The number of carbonyl (C=O) groups excluding carboxylic acids is 2. The Hall–Kier alpha value is -4.36. The molecule has 10 heteroatoms. The number of rotatable bonds is 13. The molecule has 1 aliphatic carbocycles. The second-order valence-electron chi connectivity index (χ2n) is 10.7. The van der Waals surface area contributed by atoms with E-state index in [9.17, 15) is 14.9 Å². The maximum atomic E-state index is 12.7. The van der Waals surface area contributed by atoms with Crippen LogP contribution in [-0.4, -0.2) is 43.8 Å². The van der Waals surface area contributed by atoms with Crippen LogP contribution in [-0.2, 0) is 23.1 Å². The first kappa shape index (κ1) is 31.2. The van der Waals surface area contributed by atoms with Crippen molar-refractivity contribution in [1.82, 2.24) is 16.1 Å². The summed E-state index contributed by atoms with van der Waals surface area (Å²) in [4.78, 5) is 24.7. The molecule has 2 unspecified atom stereocenters. The maximum absolute atomic E-state index is 12.7. The largest absolute Gasteiger partial charge is 0.399 e. The average Bonchev–Trinajstić information content (AvgIpc) is 3.09.